The third-order valence-electron chi connectivity index (χ3n) is 2.20. The van der Waals surface area contributed by atoms with Crippen LogP contribution in [0.15, 0.2) is 6.33 Å². The SMILES string of the molecule is CC(C)c1ncnc(N)c1C(C)(C)C. The van der Waals surface area contributed by atoms with Gasteiger partial charge in [-0.15, -0.1) is 0 Å². The largest absolute Gasteiger partial charge is 0.383 e. The summed E-state index contributed by atoms with van der Waals surface area (Å²) in [6, 6.07) is 0. The van der Waals surface area contributed by atoms with E-state index in [1.807, 2.05) is 0 Å². The third kappa shape index (κ3) is 2.03. The molecular weight excluding hydrogens is 174 g/mol. The summed E-state index contributed by atoms with van der Waals surface area (Å²) in [5.41, 5.74) is 8.04. The number of nitrogens with zero attached hydrogens (tertiary/aromatic N) is 2. The Labute approximate surface area is 85.8 Å². The maximum Gasteiger partial charge on any atom is 0.130 e. The van der Waals surface area contributed by atoms with Crippen LogP contribution in [-0.2, 0) is 5.41 Å². The van der Waals surface area contributed by atoms with Gasteiger partial charge in [0.05, 0.1) is 5.69 Å². The molecule has 0 aliphatic rings. The highest BCUT2D eigenvalue weighted by molar-refractivity contribution is 5.46. The minimum absolute atomic E-state index is 0.00491. The monoisotopic (exact) mass is 193 g/mol. The van der Waals surface area contributed by atoms with Gasteiger partial charge in [0.25, 0.3) is 0 Å². The Hall–Kier alpha value is -1.12. The molecule has 0 radical (unpaired) electrons. The first kappa shape index (κ1) is 11.0. The van der Waals surface area contributed by atoms with Gasteiger partial charge in [-0.05, 0) is 11.3 Å². The summed E-state index contributed by atoms with van der Waals surface area (Å²) in [6.07, 6.45) is 1.54. The predicted molar refractivity (Wildman–Crippen MR) is 59.2 cm³/mol. The predicted octanol–water partition coefficient (Wildman–Crippen LogP) is 2.48. The molecule has 0 aromatic carbocycles. The zero-order chi connectivity index (χ0) is 10.9. The van der Waals surface area contributed by atoms with E-state index in [2.05, 4.69) is 44.6 Å². The van der Waals surface area contributed by atoms with Crippen LogP contribution in [0, 0.1) is 0 Å². The average molecular weight is 193 g/mol. The summed E-state index contributed by atoms with van der Waals surface area (Å²) in [5, 5.41) is 0. The second kappa shape index (κ2) is 3.56. The van der Waals surface area contributed by atoms with Crippen LogP contribution in [0.5, 0.6) is 0 Å². The van der Waals surface area contributed by atoms with Crippen LogP contribution >= 0.6 is 0 Å². The maximum absolute atomic E-state index is 5.89. The first-order valence-corrected chi connectivity index (χ1v) is 4.95. The van der Waals surface area contributed by atoms with Crippen molar-refractivity contribution >= 4 is 5.82 Å². The molecule has 78 valence electrons. The lowest BCUT2D eigenvalue weighted by atomic mass is 9.83. The summed E-state index contributed by atoms with van der Waals surface area (Å²) in [4.78, 5) is 8.37. The van der Waals surface area contributed by atoms with Crippen LogP contribution in [0.4, 0.5) is 5.82 Å². The van der Waals surface area contributed by atoms with Crippen LogP contribution in [0.3, 0.4) is 0 Å². The zero-order valence-electron chi connectivity index (χ0n) is 9.63. The molecule has 3 nitrogen and oxygen atoms in total. The van der Waals surface area contributed by atoms with E-state index in [1.54, 1.807) is 6.33 Å². The second-order valence-corrected chi connectivity index (χ2v) is 4.92. The fourth-order valence-corrected chi connectivity index (χ4v) is 1.62. The maximum atomic E-state index is 5.89. The van der Waals surface area contributed by atoms with E-state index in [-0.39, 0.29) is 5.41 Å². The van der Waals surface area contributed by atoms with Crippen molar-refractivity contribution in [3.8, 4) is 0 Å². The Morgan fingerprint density at radius 3 is 2.14 bits per heavy atom. The van der Waals surface area contributed by atoms with E-state index in [0.29, 0.717) is 11.7 Å². The Morgan fingerprint density at radius 1 is 1.21 bits per heavy atom. The lowest BCUT2D eigenvalue weighted by Gasteiger charge is -2.24. The van der Waals surface area contributed by atoms with Crippen molar-refractivity contribution in [3.63, 3.8) is 0 Å². The van der Waals surface area contributed by atoms with Crippen molar-refractivity contribution in [2.75, 3.05) is 5.73 Å². The fraction of sp³-hybridized carbons (Fsp3) is 0.636. The van der Waals surface area contributed by atoms with E-state index >= 15 is 0 Å². The lowest BCUT2D eigenvalue weighted by molar-refractivity contribution is 0.569. The molecular formula is C11H19N3. The molecule has 0 aliphatic heterocycles. The summed E-state index contributed by atoms with van der Waals surface area (Å²) in [7, 11) is 0. The molecule has 1 aromatic rings. The van der Waals surface area contributed by atoms with Crippen molar-refractivity contribution in [3.05, 3.63) is 17.6 Å². The molecule has 1 heterocycles. The molecule has 0 saturated carbocycles. The molecule has 0 unspecified atom stereocenters. The number of rotatable bonds is 1. The van der Waals surface area contributed by atoms with Gasteiger partial charge in [0.1, 0.15) is 12.1 Å². The summed E-state index contributed by atoms with van der Waals surface area (Å²) in [6.45, 7) is 10.6. The minimum atomic E-state index is 0.00491. The Kier molecular flexibility index (Phi) is 2.79. The highest BCUT2D eigenvalue weighted by Gasteiger charge is 2.23. The van der Waals surface area contributed by atoms with Gasteiger partial charge in [-0.2, -0.15) is 0 Å². The molecule has 0 bridgehead atoms. The standard InChI is InChI=1S/C11H19N3/c1-7(2)9-8(11(3,4)5)10(12)14-6-13-9/h6-7H,1-5H3,(H2,12,13,14). The third-order valence-corrected chi connectivity index (χ3v) is 2.20. The lowest BCUT2D eigenvalue weighted by Crippen LogP contribution is -2.19. The van der Waals surface area contributed by atoms with Gasteiger partial charge in [-0.25, -0.2) is 9.97 Å². The van der Waals surface area contributed by atoms with Crippen molar-refractivity contribution in [1.29, 1.82) is 0 Å². The van der Waals surface area contributed by atoms with Crippen molar-refractivity contribution < 1.29 is 0 Å². The number of nitrogen functional groups attached to an aromatic ring is 1. The summed E-state index contributed by atoms with van der Waals surface area (Å²) >= 11 is 0. The van der Waals surface area contributed by atoms with Crippen molar-refractivity contribution in [1.82, 2.24) is 9.97 Å². The normalized spacial score (nSPS) is 12.1. The number of anilines is 1. The van der Waals surface area contributed by atoms with Crippen LogP contribution in [0.2, 0.25) is 0 Å². The topological polar surface area (TPSA) is 51.8 Å². The van der Waals surface area contributed by atoms with Gasteiger partial charge in [0.2, 0.25) is 0 Å². The zero-order valence-corrected chi connectivity index (χ0v) is 9.63. The Balaban J connectivity index is 3.38. The molecule has 3 heteroatoms. The Bertz CT molecular complexity index is 324. The smallest absolute Gasteiger partial charge is 0.130 e. The van der Waals surface area contributed by atoms with Crippen LogP contribution in [0.25, 0.3) is 0 Å². The molecule has 14 heavy (non-hydrogen) atoms. The van der Waals surface area contributed by atoms with E-state index in [1.165, 1.54) is 0 Å². The van der Waals surface area contributed by atoms with Gasteiger partial charge in [0.15, 0.2) is 0 Å². The molecule has 1 rings (SSSR count). The molecule has 1 aromatic heterocycles. The fourth-order valence-electron chi connectivity index (χ4n) is 1.62. The Morgan fingerprint density at radius 2 is 1.79 bits per heavy atom. The van der Waals surface area contributed by atoms with E-state index < -0.39 is 0 Å². The number of hydrogen-bond acceptors (Lipinski definition) is 3. The number of hydrogen-bond donors (Lipinski definition) is 1. The summed E-state index contributed by atoms with van der Waals surface area (Å²) in [5.74, 6) is 0.991. The molecule has 0 amide bonds. The van der Waals surface area contributed by atoms with Gasteiger partial charge in [0, 0.05) is 5.56 Å². The molecule has 2 N–H and O–H groups in total. The molecule has 0 aliphatic carbocycles. The number of nitrogens with two attached hydrogens (primary N) is 1. The van der Waals surface area contributed by atoms with Crippen LogP contribution in [0.1, 0.15) is 51.8 Å². The van der Waals surface area contributed by atoms with Crippen LogP contribution in [-0.4, -0.2) is 9.97 Å². The quantitative estimate of drug-likeness (QED) is 0.745. The van der Waals surface area contributed by atoms with Gasteiger partial charge in [-0.1, -0.05) is 34.6 Å². The highest BCUT2D eigenvalue weighted by Crippen LogP contribution is 2.31. The van der Waals surface area contributed by atoms with Gasteiger partial charge < -0.3 is 5.73 Å². The molecule has 0 fully saturated rings. The van der Waals surface area contributed by atoms with E-state index in [0.717, 1.165) is 11.3 Å². The molecule has 0 saturated heterocycles. The van der Waals surface area contributed by atoms with Crippen molar-refractivity contribution in [2.45, 2.75) is 46.0 Å². The van der Waals surface area contributed by atoms with E-state index in [9.17, 15) is 0 Å². The average Bonchev–Trinajstić information content (AvgIpc) is 2.01. The summed E-state index contributed by atoms with van der Waals surface area (Å²) < 4.78 is 0. The van der Waals surface area contributed by atoms with Gasteiger partial charge in [-0.3, -0.25) is 0 Å². The van der Waals surface area contributed by atoms with Crippen molar-refractivity contribution in [2.24, 2.45) is 0 Å². The van der Waals surface area contributed by atoms with E-state index in [4.69, 9.17) is 5.73 Å². The first-order chi connectivity index (χ1) is 6.34. The molecule has 0 atom stereocenters. The van der Waals surface area contributed by atoms with Crippen LogP contribution < -0.4 is 5.73 Å². The van der Waals surface area contributed by atoms with Gasteiger partial charge >= 0.3 is 0 Å². The second-order valence-electron chi connectivity index (χ2n) is 4.92. The number of aromatic nitrogens is 2. The highest BCUT2D eigenvalue weighted by atomic mass is 14.9. The molecule has 0 spiro atoms. The first-order valence-electron chi connectivity index (χ1n) is 4.95. The minimum Gasteiger partial charge on any atom is -0.383 e.